The number of hydrogen-bond acceptors (Lipinski definition) is 3. The Morgan fingerprint density at radius 2 is 0.900 bits per heavy atom. The van der Waals surface area contributed by atoms with Crippen molar-refractivity contribution in [2.45, 2.75) is 96.3 Å². The highest BCUT2D eigenvalue weighted by Gasteiger charge is 2.54. The van der Waals surface area contributed by atoms with Crippen molar-refractivity contribution in [3.05, 3.63) is 0 Å². The average molecular weight is 423 g/mol. The quantitative estimate of drug-likeness (QED) is 0.576. The SMILES string of the molecule is O=C(O)C12CC3CC(CC(C3)C1)C2.O=C(O)C1CCCC1.O=C(O)C1CCCCC1. The molecule has 3 N–H and O–H groups in total. The summed E-state index contributed by atoms with van der Waals surface area (Å²) in [6.45, 7) is 0. The van der Waals surface area contributed by atoms with E-state index >= 15 is 0 Å². The lowest BCUT2D eigenvalue weighted by atomic mass is 9.49. The number of hydrogen-bond donors (Lipinski definition) is 3. The highest BCUT2D eigenvalue weighted by atomic mass is 16.4. The fourth-order valence-electron chi connectivity index (χ4n) is 6.89. The monoisotopic (exact) mass is 422 g/mol. The van der Waals surface area contributed by atoms with E-state index < -0.39 is 17.9 Å². The normalized spacial score (nSPS) is 35.0. The Hall–Kier alpha value is -1.59. The molecule has 0 aromatic carbocycles. The predicted octanol–water partition coefficient (Wildman–Crippen LogP) is 5.20. The molecule has 0 spiro atoms. The van der Waals surface area contributed by atoms with E-state index in [1.165, 1.54) is 25.7 Å². The van der Waals surface area contributed by atoms with Gasteiger partial charge in [-0.05, 0) is 82.0 Å². The van der Waals surface area contributed by atoms with Crippen LogP contribution in [0.25, 0.3) is 0 Å². The summed E-state index contributed by atoms with van der Waals surface area (Å²) in [6.07, 6.45) is 16.2. The van der Waals surface area contributed by atoms with E-state index in [1.807, 2.05) is 0 Å². The number of carbonyl (C=O) groups is 3. The number of carboxylic acids is 3. The van der Waals surface area contributed by atoms with Crippen LogP contribution in [0.2, 0.25) is 0 Å². The molecule has 6 aliphatic carbocycles. The molecule has 6 saturated carbocycles. The molecule has 0 aromatic heterocycles. The van der Waals surface area contributed by atoms with Crippen molar-refractivity contribution in [3.63, 3.8) is 0 Å². The fraction of sp³-hybridized carbons (Fsp3) is 0.875. The van der Waals surface area contributed by atoms with Crippen LogP contribution in [-0.4, -0.2) is 33.2 Å². The van der Waals surface area contributed by atoms with E-state index in [9.17, 15) is 19.5 Å². The van der Waals surface area contributed by atoms with E-state index in [0.717, 1.165) is 88.4 Å². The van der Waals surface area contributed by atoms with Gasteiger partial charge in [-0.15, -0.1) is 0 Å². The summed E-state index contributed by atoms with van der Waals surface area (Å²) in [6, 6.07) is 0. The van der Waals surface area contributed by atoms with Gasteiger partial charge in [0.2, 0.25) is 0 Å². The van der Waals surface area contributed by atoms with Crippen molar-refractivity contribution >= 4 is 17.9 Å². The van der Waals surface area contributed by atoms with Gasteiger partial charge in [-0.2, -0.15) is 0 Å². The van der Waals surface area contributed by atoms with Crippen molar-refractivity contribution in [2.75, 3.05) is 0 Å². The second-order valence-electron chi connectivity index (χ2n) is 10.5. The molecular formula is C24H38O6. The summed E-state index contributed by atoms with van der Waals surface area (Å²) in [5, 5.41) is 26.2. The van der Waals surface area contributed by atoms with Crippen LogP contribution < -0.4 is 0 Å². The van der Waals surface area contributed by atoms with Crippen molar-refractivity contribution < 1.29 is 29.7 Å². The Morgan fingerprint density at radius 1 is 0.567 bits per heavy atom. The van der Waals surface area contributed by atoms with Crippen molar-refractivity contribution in [2.24, 2.45) is 35.0 Å². The third-order valence-electron chi connectivity index (χ3n) is 8.15. The molecular weight excluding hydrogens is 384 g/mol. The Labute approximate surface area is 179 Å². The largest absolute Gasteiger partial charge is 0.481 e. The minimum Gasteiger partial charge on any atom is -0.481 e. The molecule has 4 bridgehead atoms. The van der Waals surface area contributed by atoms with Crippen LogP contribution in [0.5, 0.6) is 0 Å². The van der Waals surface area contributed by atoms with Gasteiger partial charge in [0.25, 0.3) is 0 Å². The maximum atomic E-state index is 11.3. The first kappa shape index (κ1) is 23.1. The molecule has 0 aromatic rings. The molecule has 6 rings (SSSR count). The first-order chi connectivity index (χ1) is 14.3. The molecule has 0 heterocycles. The molecule has 0 aliphatic heterocycles. The zero-order valence-electron chi connectivity index (χ0n) is 18.1. The molecule has 0 atom stereocenters. The van der Waals surface area contributed by atoms with Gasteiger partial charge in [0.1, 0.15) is 0 Å². The van der Waals surface area contributed by atoms with Gasteiger partial charge in [-0.25, -0.2) is 0 Å². The zero-order valence-corrected chi connectivity index (χ0v) is 18.1. The molecule has 170 valence electrons. The zero-order chi connectivity index (χ0) is 21.7. The van der Waals surface area contributed by atoms with Crippen LogP contribution >= 0.6 is 0 Å². The second kappa shape index (κ2) is 10.1. The van der Waals surface area contributed by atoms with Crippen molar-refractivity contribution in [1.29, 1.82) is 0 Å². The van der Waals surface area contributed by atoms with Gasteiger partial charge >= 0.3 is 17.9 Å². The van der Waals surface area contributed by atoms with Gasteiger partial charge in [-0.3, -0.25) is 14.4 Å². The smallest absolute Gasteiger partial charge is 0.309 e. The maximum absolute atomic E-state index is 11.3. The summed E-state index contributed by atoms with van der Waals surface area (Å²) in [5.74, 6) is 0.490. The molecule has 6 fully saturated rings. The lowest BCUT2D eigenvalue weighted by Gasteiger charge is -2.54. The van der Waals surface area contributed by atoms with Crippen molar-refractivity contribution in [3.8, 4) is 0 Å². The fourth-order valence-corrected chi connectivity index (χ4v) is 6.89. The summed E-state index contributed by atoms with van der Waals surface area (Å²) in [4.78, 5) is 31.8. The van der Waals surface area contributed by atoms with Crippen molar-refractivity contribution in [1.82, 2.24) is 0 Å². The van der Waals surface area contributed by atoms with E-state index in [-0.39, 0.29) is 17.3 Å². The minimum absolute atomic E-state index is 0.0185. The first-order valence-electron chi connectivity index (χ1n) is 12.0. The molecule has 6 aliphatic rings. The van der Waals surface area contributed by atoms with Crippen LogP contribution in [0, 0.1) is 35.0 Å². The predicted molar refractivity (Wildman–Crippen MR) is 112 cm³/mol. The lowest BCUT2D eigenvalue weighted by molar-refractivity contribution is -0.164. The maximum Gasteiger partial charge on any atom is 0.309 e. The van der Waals surface area contributed by atoms with Crippen LogP contribution in [0.15, 0.2) is 0 Å². The van der Waals surface area contributed by atoms with E-state index in [2.05, 4.69) is 0 Å². The van der Waals surface area contributed by atoms with Gasteiger partial charge < -0.3 is 15.3 Å². The van der Waals surface area contributed by atoms with E-state index in [4.69, 9.17) is 10.2 Å². The van der Waals surface area contributed by atoms with Gasteiger partial charge in [-0.1, -0.05) is 32.1 Å². The molecule has 6 heteroatoms. The Bertz CT molecular complexity index is 580. The summed E-state index contributed by atoms with van der Waals surface area (Å²) in [5.41, 5.74) is -0.283. The second-order valence-corrected chi connectivity index (χ2v) is 10.5. The molecule has 0 radical (unpaired) electrons. The lowest BCUT2D eigenvalue weighted by Crippen LogP contribution is -2.49. The highest BCUT2D eigenvalue weighted by Crippen LogP contribution is 2.60. The standard InChI is InChI=1S/C11H16O2.C7H12O2.C6H10O2/c12-10(13)11-4-7-1-8(5-11)3-9(2-7)6-11;8-7(9)6-4-2-1-3-5-6;7-6(8)5-3-1-2-4-5/h7-9H,1-6H2,(H,12,13);6H,1-5H2,(H,8,9);5H,1-4H2,(H,7,8). The number of aliphatic carboxylic acids is 3. The van der Waals surface area contributed by atoms with E-state index in [1.54, 1.807) is 0 Å². The Kier molecular flexibility index (Phi) is 7.81. The van der Waals surface area contributed by atoms with E-state index in [0.29, 0.717) is 0 Å². The third kappa shape index (κ3) is 5.76. The van der Waals surface area contributed by atoms with Gasteiger partial charge in [0.15, 0.2) is 0 Å². The number of rotatable bonds is 3. The summed E-state index contributed by atoms with van der Waals surface area (Å²) in [7, 11) is 0. The molecule has 30 heavy (non-hydrogen) atoms. The first-order valence-corrected chi connectivity index (χ1v) is 12.0. The van der Waals surface area contributed by atoms with Crippen LogP contribution in [0.4, 0.5) is 0 Å². The van der Waals surface area contributed by atoms with Crippen LogP contribution in [0.1, 0.15) is 96.3 Å². The minimum atomic E-state index is -0.609. The Balaban J connectivity index is 0.000000134. The summed E-state index contributed by atoms with van der Waals surface area (Å²) < 4.78 is 0. The Morgan fingerprint density at radius 3 is 1.17 bits per heavy atom. The highest BCUT2D eigenvalue weighted by molar-refractivity contribution is 5.75. The molecule has 0 unspecified atom stereocenters. The topological polar surface area (TPSA) is 112 Å². The van der Waals surface area contributed by atoms with Crippen LogP contribution in [-0.2, 0) is 14.4 Å². The average Bonchev–Trinajstić information content (AvgIpc) is 3.24. The van der Waals surface area contributed by atoms with Gasteiger partial charge in [0.05, 0.1) is 17.3 Å². The molecule has 6 nitrogen and oxygen atoms in total. The third-order valence-corrected chi connectivity index (χ3v) is 8.15. The van der Waals surface area contributed by atoms with Gasteiger partial charge in [0, 0.05) is 0 Å². The summed E-state index contributed by atoms with van der Waals surface area (Å²) >= 11 is 0. The molecule has 0 saturated heterocycles. The number of carboxylic acid groups (broad SMARTS) is 3. The molecule has 0 amide bonds. The van der Waals surface area contributed by atoms with Crippen LogP contribution in [0.3, 0.4) is 0 Å².